The SMILES string of the molecule is Clc1ccccc1Sc1ccccc1[S+](c1ccccc1)c1ccccc1.[Cl-]. The van der Waals surface area contributed by atoms with Crippen molar-refractivity contribution >= 4 is 34.3 Å². The molecule has 4 heteroatoms. The van der Waals surface area contributed by atoms with E-state index in [1.807, 2.05) is 18.2 Å². The molecule has 4 rings (SSSR count). The van der Waals surface area contributed by atoms with Crippen LogP contribution in [-0.4, -0.2) is 0 Å². The van der Waals surface area contributed by atoms with Crippen LogP contribution >= 0.6 is 23.4 Å². The predicted octanol–water partition coefficient (Wildman–Crippen LogP) is 4.59. The van der Waals surface area contributed by atoms with Gasteiger partial charge in [0.25, 0.3) is 0 Å². The number of hydrogen-bond donors (Lipinski definition) is 0. The molecule has 0 atom stereocenters. The molecular weight excluding hydrogens is 423 g/mol. The fourth-order valence-electron chi connectivity index (χ4n) is 2.85. The molecule has 0 radical (unpaired) electrons. The van der Waals surface area contributed by atoms with E-state index in [1.165, 1.54) is 19.6 Å². The van der Waals surface area contributed by atoms with E-state index in [4.69, 9.17) is 11.6 Å². The topological polar surface area (TPSA) is 0 Å². The average Bonchev–Trinajstić information content (AvgIpc) is 2.73. The number of hydrogen-bond acceptors (Lipinski definition) is 1. The molecule has 4 aromatic rings. The van der Waals surface area contributed by atoms with Gasteiger partial charge in [0.2, 0.25) is 0 Å². The van der Waals surface area contributed by atoms with Gasteiger partial charge in [-0.15, -0.1) is 0 Å². The maximum atomic E-state index is 6.42. The molecule has 0 nitrogen and oxygen atoms in total. The van der Waals surface area contributed by atoms with E-state index in [0.29, 0.717) is 0 Å². The molecule has 28 heavy (non-hydrogen) atoms. The van der Waals surface area contributed by atoms with Crippen molar-refractivity contribution < 1.29 is 12.4 Å². The van der Waals surface area contributed by atoms with Gasteiger partial charge < -0.3 is 12.4 Å². The number of rotatable bonds is 5. The lowest BCUT2D eigenvalue weighted by Crippen LogP contribution is -3.00. The molecule has 140 valence electrons. The van der Waals surface area contributed by atoms with Crippen molar-refractivity contribution in [3.63, 3.8) is 0 Å². The zero-order valence-corrected chi connectivity index (χ0v) is 18.1. The summed E-state index contributed by atoms with van der Waals surface area (Å²) in [6.07, 6.45) is 0. The van der Waals surface area contributed by atoms with Crippen molar-refractivity contribution in [2.75, 3.05) is 0 Å². The normalized spacial score (nSPS) is 10.5. The van der Waals surface area contributed by atoms with E-state index in [0.717, 1.165) is 9.92 Å². The third-order valence-corrected chi connectivity index (χ3v) is 8.09. The standard InChI is InChI=1S/C24H18ClS2.ClH/c25-21-15-7-8-16-22(21)26-23-17-9-10-18-24(23)27(19-11-3-1-4-12-19)20-13-5-2-6-14-20;/h1-18H;1H/q+1;/p-1. The van der Waals surface area contributed by atoms with Crippen LogP contribution in [0.25, 0.3) is 0 Å². The largest absolute Gasteiger partial charge is 1.00 e. The second-order valence-electron chi connectivity index (χ2n) is 5.91. The van der Waals surface area contributed by atoms with E-state index in [2.05, 4.69) is 91.0 Å². The van der Waals surface area contributed by atoms with Crippen LogP contribution in [0.3, 0.4) is 0 Å². The number of benzene rings is 4. The Kier molecular flexibility index (Phi) is 7.52. The lowest BCUT2D eigenvalue weighted by Gasteiger charge is -2.12. The minimum Gasteiger partial charge on any atom is -1.00 e. The molecule has 0 aliphatic rings. The van der Waals surface area contributed by atoms with Gasteiger partial charge in [0.1, 0.15) is 10.9 Å². The fourth-order valence-corrected chi connectivity index (χ4v) is 6.47. The van der Waals surface area contributed by atoms with Gasteiger partial charge in [0.05, 0.1) is 9.92 Å². The summed E-state index contributed by atoms with van der Waals surface area (Å²) in [5, 5.41) is 0.789. The molecule has 0 aliphatic heterocycles. The van der Waals surface area contributed by atoms with Gasteiger partial charge in [-0.3, -0.25) is 0 Å². The lowest BCUT2D eigenvalue weighted by atomic mass is 10.3. The molecule has 0 fully saturated rings. The third kappa shape index (κ3) is 4.76. The third-order valence-electron chi connectivity index (χ3n) is 4.08. The Morgan fingerprint density at radius 3 is 1.57 bits per heavy atom. The summed E-state index contributed by atoms with van der Waals surface area (Å²) < 4.78 is 0. The molecule has 0 spiro atoms. The maximum absolute atomic E-state index is 6.42. The van der Waals surface area contributed by atoms with Crippen LogP contribution in [0.2, 0.25) is 5.02 Å². The molecular formula is C24H18Cl2S2. The van der Waals surface area contributed by atoms with Crippen molar-refractivity contribution in [3.8, 4) is 0 Å². The van der Waals surface area contributed by atoms with Crippen molar-refractivity contribution in [2.24, 2.45) is 0 Å². The fraction of sp³-hybridized carbons (Fsp3) is 0. The zero-order chi connectivity index (χ0) is 18.5. The highest BCUT2D eigenvalue weighted by molar-refractivity contribution is 8.01. The Hall–Kier alpha value is -1.84. The van der Waals surface area contributed by atoms with Crippen LogP contribution in [0.4, 0.5) is 0 Å². The highest BCUT2D eigenvalue weighted by atomic mass is 35.5. The van der Waals surface area contributed by atoms with Crippen molar-refractivity contribution in [2.45, 2.75) is 24.5 Å². The second-order valence-corrected chi connectivity index (χ2v) is 9.40. The summed E-state index contributed by atoms with van der Waals surface area (Å²) in [6.45, 7) is 0. The smallest absolute Gasteiger partial charge is 0.180 e. The number of halogens is 2. The van der Waals surface area contributed by atoms with Gasteiger partial charge in [-0.1, -0.05) is 84.0 Å². The Morgan fingerprint density at radius 1 is 0.536 bits per heavy atom. The van der Waals surface area contributed by atoms with Crippen molar-refractivity contribution in [1.29, 1.82) is 0 Å². The van der Waals surface area contributed by atoms with Gasteiger partial charge >= 0.3 is 0 Å². The Morgan fingerprint density at radius 2 is 1.00 bits per heavy atom. The van der Waals surface area contributed by atoms with Gasteiger partial charge in [0.15, 0.2) is 14.7 Å². The van der Waals surface area contributed by atoms with Crippen molar-refractivity contribution in [3.05, 3.63) is 114 Å². The van der Waals surface area contributed by atoms with Crippen molar-refractivity contribution in [1.82, 2.24) is 0 Å². The second kappa shape index (κ2) is 10.1. The van der Waals surface area contributed by atoms with E-state index < -0.39 is 0 Å². The summed E-state index contributed by atoms with van der Waals surface area (Å²) in [7, 11) is -0.170. The minimum atomic E-state index is -0.170. The molecule has 0 unspecified atom stereocenters. The van der Waals surface area contributed by atoms with Crippen LogP contribution in [0.1, 0.15) is 0 Å². The van der Waals surface area contributed by atoms with E-state index in [-0.39, 0.29) is 23.3 Å². The summed E-state index contributed by atoms with van der Waals surface area (Å²) >= 11 is 8.16. The molecule has 0 saturated heterocycles. The molecule has 0 bridgehead atoms. The Labute approximate surface area is 184 Å². The summed E-state index contributed by atoms with van der Waals surface area (Å²) in [4.78, 5) is 6.27. The molecule has 4 aromatic carbocycles. The summed E-state index contributed by atoms with van der Waals surface area (Å²) in [5.74, 6) is 0. The van der Waals surface area contributed by atoms with E-state index in [9.17, 15) is 0 Å². The maximum Gasteiger partial charge on any atom is 0.180 e. The first-order valence-electron chi connectivity index (χ1n) is 8.69. The van der Waals surface area contributed by atoms with Gasteiger partial charge in [0, 0.05) is 4.90 Å². The van der Waals surface area contributed by atoms with Crippen LogP contribution < -0.4 is 12.4 Å². The van der Waals surface area contributed by atoms with Gasteiger partial charge in [-0.25, -0.2) is 0 Å². The first kappa shape index (κ1) is 20.9. The first-order chi connectivity index (χ1) is 13.3. The molecule has 0 amide bonds. The molecule has 0 saturated carbocycles. The Balaban J connectivity index is 0.00000225. The predicted molar refractivity (Wildman–Crippen MR) is 117 cm³/mol. The lowest BCUT2D eigenvalue weighted by molar-refractivity contribution is -0.00000512. The van der Waals surface area contributed by atoms with Crippen LogP contribution in [-0.2, 0) is 10.9 Å². The average molecular weight is 441 g/mol. The Bertz CT molecular complexity index is 981. The van der Waals surface area contributed by atoms with Gasteiger partial charge in [-0.2, -0.15) is 0 Å². The summed E-state index contributed by atoms with van der Waals surface area (Å²) in [6, 6.07) is 38.1. The molecule has 0 aliphatic carbocycles. The van der Waals surface area contributed by atoms with E-state index >= 15 is 0 Å². The highest BCUT2D eigenvalue weighted by Crippen LogP contribution is 2.41. The summed E-state index contributed by atoms with van der Waals surface area (Å²) in [5.41, 5.74) is 0. The molecule has 0 aromatic heterocycles. The first-order valence-corrected chi connectivity index (χ1v) is 11.1. The highest BCUT2D eigenvalue weighted by Gasteiger charge is 2.31. The van der Waals surface area contributed by atoms with E-state index in [1.54, 1.807) is 11.8 Å². The van der Waals surface area contributed by atoms with Crippen LogP contribution in [0, 0.1) is 0 Å². The van der Waals surface area contributed by atoms with Crippen LogP contribution in [0.15, 0.2) is 134 Å². The monoisotopic (exact) mass is 440 g/mol. The van der Waals surface area contributed by atoms with Crippen LogP contribution in [0.5, 0.6) is 0 Å². The zero-order valence-electron chi connectivity index (χ0n) is 15.0. The van der Waals surface area contributed by atoms with Gasteiger partial charge in [-0.05, 0) is 48.5 Å². The molecule has 0 N–H and O–H groups in total. The quantitative estimate of drug-likeness (QED) is 0.409. The molecule has 0 heterocycles. The minimum absolute atomic E-state index is 0.